The second kappa shape index (κ2) is 10.7. The lowest BCUT2D eigenvalue weighted by molar-refractivity contribution is -0.142. The summed E-state index contributed by atoms with van der Waals surface area (Å²) in [5.74, 6) is -0.912. The Morgan fingerprint density at radius 2 is 1.43 bits per heavy atom. The SMILES string of the molecule is Cc1cccn(CC(=O)C(C(=O)N2CCN(Cc3ccccc3)CC2)n2cccc(C)c2=O)c1=O. The van der Waals surface area contributed by atoms with Crippen molar-refractivity contribution in [2.75, 3.05) is 26.2 Å². The second-order valence-corrected chi connectivity index (χ2v) is 8.98. The zero-order chi connectivity index (χ0) is 24.9. The fourth-order valence-corrected chi connectivity index (χ4v) is 4.41. The molecule has 1 fully saturated rings. The quantitative estimate of drug-likeness (QED) is 0.488. The van der Waals surface area contributed by atoms with E-state index in [9.17, 15) is 19.2 Å². The molecule has 3 heterocycles. The van der Waals surface area contributed by atoms with Gasteiger partial charge in [0.1, 0.15) is 0 Å². The standard InChI is InChI=1S/C27H30N4O4/c1-20-8-6-12-30(25(20)33)19-23(32)24(31-13-7-9-21(2)26(31)34)27(35)29-16-14-28(15-17-29)18-22-10-4-3-5-11-22/h3-13,24H,14-19H2,1-2H3. The summed E-state index contributed by atoms with van der Waals surface area (Å²) in [5, 5.41) is 0. The van der Waals surface area contributed by atoms with Gasteiger partial charge in [0.05, 0.1) is 6.54 Å². The van der Waals surface area contributed by atoms with Gasteiger partial charge in [0.25, 0.3) is 17.0 Å². The first kappa shape index (κ1) is 24.3. The van der Waals surface area contributed by atoms with Crippen LogP contribution in [0.4, 0.5) is 0 Å². The number of hydrogen-bond donors (Lipinski definition) is 0. The van der Waals surface area contributed by atoms with Crippen molar-refractivity contribution in [1.29, 1.82) is 0 Å². The summed E-state index contributed by atoms with van der Waals surface area (Å²) in [5.41, 5.74) is 1.47. The number of pyridine rings is 2. The summed E-state index contributed by atoms with van der Waals surface area (Å²) in [4.78, 5) is 56.4. The first-order valence-electron chi connectivity index (χ1n) is 11.8. The lowest BCUT2D eigenvalue weighted by atomic mass is 10.1. The number of ketones is 1. The zero-order valence-corrected chi connectivity index (χ0v) is 20.1. The number of carbonyl (C=O) groups is 2. The Balaban J connectivity index is 1.55. The summed E-state index contributed by atoms with van der Waals surface area (Å²) in [6.45, 7) is 6.08. The predicted molar refractivity (Wildman–Crippen MR) is 133 cm³/mol. The molecular formula is C27H30N4O4. The fourth-order valence-electron chi connectivity index (χ4n) is 4.41. The van der Waals surface area contributed by atoms with Crippen LogP contribution in [-0.2, 0) is 22.7 Å². The maximum Gasteiger partial charge on any atom is 0.254 e. The highest BCUT2D eigenvalue weighted by molar-refractivity contribution is 6.03. The molecule has 1 aromatic carbocycles. The molecule has 2 aromatic heterocycles. The van der Waals surface area contributed by atoms with Gasteiger partial charge in [0.2, 0.25) is 0 Å². The van der Waals surface area contributed by atoms with E-state index in [-0.39, 0.29) is 12.1 Å². The lowest BCUT2D eigenvalue weighted by Crippen LogP contribution is -2.52. The molecule has 1 amide bonds. The van der Waals surface area contributed by atoms with Gasteiger partial charge in [0.15, 0.2) is 11.8 Å². The van der Waals surface area contributed by atoms with Gasteiger partial charge in [-0.2, -0.15) is 0 Å². The van der Waals surface area contributed by atoms with Crippen molar-refractivity contribution in [3.63, 3.8) is 0 Å². The normalized spacial score (nSPS) is 15.1. The molecule has 0 spiro atoms. The minimum atomic E-state index is -1.32. The van der Waals surface area contributed by atoms with Gasteiger partial charge in [-0.15, -0.1) is 0 Å². The summed E-state index contributed by atoms with van der Waals surface area (Å²) in [6, 6.07) is 15.5. The Kier molecular flexibility index (Phi) is 7.41. The van der Waals surface area contributed by atoms with Crippen molar-refractivity contribution >= 4 is 11.7 Å². The third kappa shape index (κ3) is 5.49. The number of carbonyl (C=O) groups excluding carboxylic acids is 2. The van der Waals surface area contributed by atoms with Crippen molar-refractivity contribution in [3.05, 3.63) is 104 Å². The smallest absolute Gasteiger partial charge is 0.254 e. The number of piperazine rings is 1. The van der Waals surface area contributed by atoms with Crippen LogP contribution in [0.3, 0.4) is 0 Å². The van der Waals surface area contributed by atoms with Crippen LogP contribution >= 0.6 is 0 Å². The number of amides is 1. The van der Waals surface area contributed by atoms with Crippen LogP contribution in [-0.4, -0.2) is 56.8 Å². The molecule has 0 saturated carbocycles. The van der Waals surface area contributed by atoms with Crippen LogP contribution < -0.4 is 11.1 Å². The topological polar surface area (TPSA) is 84.6 Å². The van der Waals surface area contributed by atoms with Crippen LogP contribution in [0, 0.1) is 13.8 Å². The second-order valence-electron chi connectivity index (χ2n) is 8.98. The van der Waals surface area contributed by atoms with Crippen LogP contribution in [0.5, 0.6) is 0 Å². The highest BCUT2D eigenvalue weighted by atomic mass is 16.2. The summed E-state index contributed by atoms with van der Waals surface area (Å²) >= 11 is 0. The first-order chi connectivity index (χ1) is 16.8. The molecule has 182 valence electrons. The van der Waals surface area contributed by atoms with Gasteiger partial charge in [-0.3, -0.25) is 28.6 Å². The van der Waals surface area contributed by atoms with E-state index < -0.39 is 23.3 Å². The lowest BCUT2D eigenvalue weighted by Gasteiger charge is -2.36. The first-order valence-corrected chi connectivity index (χ1v) is 11.8. The molecule has 1 aliphatic heterocycles. The molecule has 0 radical (unpaired) electrons. The summed E-state index contributed by atoms with van der Waals surface area (Å²) in [7, 11) is 0. The zero-order valence-electron chi connectivity index (χ0n) is 20.1. The van der Waals surface area contributed by atoms with Crippen molar-refractivity contribution in [2.24, 2.45) is 0 Å². The number of hydrogen-bond acceptors (Lipinski definition) is 5. The average molecular weight is 475 g/mol. The summed E-state index contributed by atoms with van der Waals surface area (Å²) in [6.07, 6.45) is 3.00. The molecule has 3 aromatic rings. The highest BCUT2D eigenvalue weighted by Gasteiger charge is 2.34. The Hall–Kier alpha value is -3.78. The van der Waals surface area contributed by atoms with E-state index in [0.29, 0.717) is 37.3 Å². The van der Waals surface area contributed by atoms with Crippen LogP contribution in [0.15, 0.2) is 76.6 Å². The Labute approximate surface area is 204 Å². The van der Waals surface area contributed by atoms with Gasteiger partial charge in [0, 0.05) is 56.2 Å². The number of aromatic nitrogens is 2. The Morgan fingerprint density at radius 1 is 0.800 bits per heavy atom. The van der Waals surface area contributed by atoms with E-state index >= 15 is 0 Å². The maximum absolute atomic E-state index is 13.7. The fraction of sp³-hybridized carbons (Fsp3) is 0.333. The molecule has 1 saturated heterocycles. The largest absolute Gasteiger partial charge is 0.338 e. The molecule has 0 aliphatic carbocycles. The van der Waals surface area contributed by atoms with Gasteiger partial charge >= 0.3 is 0 Å². The molecule has 0 N–H and O–H groups in total. The van der Waals surface area contributed by atoms with Crippen molar-refractivity contribution in [3.8, 4) is 0 Å². The molecule has 1 aliphatic rings. The number of benzene rings is 1. The van der Waals surface area contributed by atoms with Crippen molar-refractivity contribution in [2.45, 2.75) is 33.0 Å². The van der Waals surface area contributed by atoms with Crippen molar-refractivity contribution < 1.29 is 9.59 Å². The monoisotopic (exact) mass is 474 g/mol. The van der Waals surface area contributed by atoms with Gasteiger partial charge < -0.3 is 9.47 Å². The Morgan fingerprint density at radius 3 is 2.11 bits per heavy atom. The van der Waals surface area contributed by atoms with E-state index in [1.807, 2.05) is 18.2 Å². The predicted octanol–water partition coefficient (Wildman–Crippen LogP) is 1.78. The maximum atomic E-state index is 13.7. The van der Waals surface area contributed by atoms with Crippen LogP contribution in [0.2, 0.25) is 0 Å². The third-order valence-electron chi connectivity index (χ3n) is 6.45. The Bertz CT molecular complexity index is 1320. The van der Waals surface area contributed by atoms with E-state index in [0.717, 1.165) is 6.54 Å². The van der Waals surface area contributed by atoms with E-state index in [4.69, 9.17) is 0 Å². The van der Waals surface area contributed by atoms with E-state index in [2.05, 4.69) is 17.0 Å². The van der Waals surface area contributed by atoms with Gasteiger partial charge in [-0.1, -0.05) is 42.5 Å². The molecular weight excluding hydrogens is 444 g/mol. The van der Waals surface area contributed by atoms with Gasteiger partial charge in [-0.25, -0.2) is 0 Å². The number of aryl methyl sites for hydroxylation is 2. The average Bonchev–Trinajstić information content (AvgIpc) is 2.86. The highest BCUT2D eigenvalue weighted by Crippen LogP contribution is 2.16. The number of nitrogens with zero attached hydrogens (tertiary/aromatic N) is 4. The van der Waals surface area contributed by atoms with Crippen LogP contribution in [0.25, 0.3) is 0 Å². The molecule has 35 heavy (non-hydrogen) atoms. The number of Topliss-reactive ketones (excluding diaryl/α,β-unsaturated/α-hetero) is 1. The molecule has 4 rings (SSSR count). The van der Waals surface area contributed by atoms with Crippen LogP contribution in [0.1, 0.15) is 22.7 Å². The molecule has 1 atom stereocenters. The summed E-state index contributed by atoms with van der Waals surface area (Å²) < 4.78 is 2.49. The van der Waals surface area contributed by atoms with Crippen molar-refractivity contribution in [1.82, 2.24) is 18.9 Å². The molecule has 8 heteroatoms. The molecule has 0 bridgehead atoms. The number of rotatable bonds is 7. The minimum Gasteiger partial charge on any atom is -0.338 e. The minimum absolute atomic E-state index is 0.286. The van der Waals surface area contributed by atoms with E-state index in [1.165, 1.54) is 27.1 Å². The third-order valence-corrected chi connectivity index (χ3v) is 6.45. The van der Waals surface area contributed by atoms with Gasteiger partial charge in [-0.05, 0) is 31.5 Å². The van der Waals surface area contributed by atoms with E-state index in [1.54, 1.807) is 43.0 Å². The molecule has 1 unspecified atom stereocenters. The molecule has 8 nitrogen and oxygen atoms in total.